The summed E-state index contributed by atoms with van der Waals surface area (Å²) >= 11 is 6.20. The van der Waals surface area contributed by atoms with Gasteiger partial charge in [0.05, 0.1) is 5.02 Å². The fourth-order valence-corrected chi connectivity index (χ4v) is 2.37. The first kappa shape index (κ1) is 14.9. The molecule has 4 heteroatoms. The first-order valence-electron chi connectivity index (χ1n) is 7.01. The van der Waals surface area contributed by atoms with Crippen LogP contribution in [0.15, 0.2) is 42.9 Å². The van der Waals surface area contributed by atoms with Gasteiger partial charge in [-0.25, -0.2) is 0 Å². The minimum absolute atomic E-state index is 0.338. The molecule has 1 unspecified atom stereocenters. The van der Waals surface area contributed by atoms with Crippen LogP contribution in [0.5, 0.6) is 0 Å². The van der Waals surface area contributed by atoms with Crippen molar-refractivity contribution >= 4 is 11.6 Å². The Morgan fingerprint density at radius 2 is 2.10 bits per heavy atom. The van der Waals surface area contributed by atoms with E-state index in [2.05, 4.69) is 28.3 Å². The molecule has 0 radical (unpaired) electrons. The molecule has 3 nitrogen and oxygen atoms in total. The average molecular weight is 290 g/mol. The second-order valence-corrected chi connectivity index (χ2v) is 5.25. The van der Waals surface area contributed by atoms with Crippen LogP contribution in [0.4, 0.5) is 0 Å². The monoisotopic (exact) mass is 289 g/mol. The van der Waals surface area contributed by atoms with Crippen LogP contribution in [0.3, 0.4) is 0 Å². The van der Waals surface area contributed by atoms with Crippen LogP contribution in [-0.4, -0.2) is 22.6 Å². The summed E-state index contributed by atoms with van der Waals surface area (Å²) in [6.45, 7) is 3.17. The van der Waals surface area contributed by atoms with E-state index >= 15 is 0 Å². The topological polar surface area (TPSA) is 37.8 Å². The van der Waals surface area contributed by atoms with Crippen molar-refractivity contribution in [1.82, 2.24) is 15.3 Å². The largest absolute Gasteiger partial charge is 0.313 e. The number of halogens is 1. The Balaban J connectivity index is 2.05. The van der Waals surface area contributed by atoms with Crippen molar-refractivity contribution in [2.75, 3.05) is 6.54 Å². The SMILES string of the molecule is CCCNC(Cc1ccccn1)Cc1ccncc1Cl. The molecule has 0 amide bonds. The molecule has 0 aliphatic heterocycles. The highest BCUT2D eigenvalue weighted by Gasteiger charge is 2.12. The van der Waals surface area contributed by atoms with Crippen molar-refractivity contribution in [2.45, 2.75) is 32.2 Å². The summed E-state index contributed by atoms with van der Waals surface area (Å²) in [5.74, 6) is 0. The van der Waals surface area contributed by atoms with Crippen molar-refractivity contribution in [3.8, 4) is 0 Å². The zero-order chi connectivity index (χ0) is 14.2. The normalized spacial score (nSPS) is 12.3. The van der Waals surface area contributed by atoms with E-state index in [1.54, 1.807) is 12.4 Å². The van der Waals surface area contributed by atoms with Crippen molar-refractivity contribution in [2.24, 2.45) is 0 Å². The number of nitrogens with one attached hydrogen (secondary N) is 1. The summed E-state index contributed by atoms with van der Waals surface area (Å²) in [6.07, 6.45) is 8.24. The third kappa shape index (κ3) is 4.58. The zero-order valence-corrected chi connectivity index (χ0v) is 12.5. The van der Waals surface area contributed by atoms with Crippen LogP contribution in [0.25, 0.3) is 0 Å². The fourth-order valence-electron chi connectivity index (χ4n) is 2.17. The molecule has 0 bridgehead atoms. The lowest BCUT2D eigenvalue weighted by atomic mass is 10.0. The number of nitrogens with zero attached hydrogens (tertiary/aromatic N) is 2. The van der Waals surface area contributed by atoms with Gasteiger partial charge in [0.25, 0.3) is 0 Å². The van der Waals surface area contributed by atoms with Gasteiger partial charge in [-0.15, -0.1) is 0 Å². The van der Waals surface area contributed by atoms with Crippen LogP contribution in [0.2, 0.25) is 5.02 Å². The standard InChI is InChI=1S/C16H20ClN3/c1-2-7-19-15(11-14-5-3-4-8-20-14)10-13-6-9-18-12-16(13)17/h3-6,8-9,12,15,19H,2,7,10-11H2,1H3. The Morgan fingerprint density at radius 1 is 1.20 bits per heavy atom. The lowest BCUT2D eigenvalue weighted by Gasteiger charge is -2.19. The summed E-state index contributed by atoms with van der Waals surface area (Å²) < 4.78 is 0. The zero-order valence-electron chi connectivity index (χ0n) is 11.7. The summed E-state index contributed by atoms with van der Waals surface area (Å²) in [7, 11) is 0. The van der Waals surface area contributed by atoms with E-state index in [0.717, 1.165) is 42.1 Å². The van der Waals surface area contributed by atoms with Crippen molar-refractivity contribution in [3.63, 3.8) is 0 Å². The number of hydrogen-bond acceptors (Lipinski definition) is 3. The Bertz CT molecular complexity index is 516. The summed E-state index contributed by atoms with van der Waals surface area (Å²) in [4.78, 5) is 8.44. The van der Waals surface area contributed by atoms with Crippen LogP contribution in [0, 0.1) is 0 Å². The van der Waals surface area contributed by atoms with Gasteiger partial charge in [0.15, 0.2) is 0 Å². The van der Waals surface area contributed by atoms with E-state index in [1.807, 2.05) is 24.4 Å². The molecular formula is C16H20ClN3. The summed E-state index contributed by atoms with van der Waals surface area (Å²) in [5.41, 5.74) is 2.23. The highest BCUT2D eigenvalue weighted by Crippen LogP contribution is 2.16. The van der Waals surface area contributed by atoms with Gasteiger partial charge >= 0.3 is 0 Å². The minimum atomic E-state index is 0.338. The maximum atomic E-state index is 6.20. The van der Waals surface area contributed by atoms with Crippen molar-refractivity contribution < 1.29 is 0 Å². The molecule has 0 aromatic carbocycles. The van der Waals surface area contributed by atoms with Crippen LogP contribution < -0.4 is 5.32 Å². The maximum absolute atomic E-state index is 6.20. The molecule has 0 saturated heterocycles. The highest BCUT2D eigenvalue weighted by molar-refractivity contribution is 6.31. The lowest BCUT2D eigenvalue weighted by molar-refractivity contribution is 0.500. The first-order valence-corrected chi connectivity index (χ1v) is 7.39. The third-order valence-electron chi connectivity index (χ3n) is 3.19. The van der Waals surface area contributed by atoms with Gasteiger partial charge in [0.1, 0.15) is 0 Å². The molecule has 2 aromatic heterocycles. The molecule has 0 aliphatic carbocycles. The molecule has 106 valence electrons. The Morgan fingerprint density at radius 3 is 2.80 bits per heavy atom. The molecular weight excluding hydrogens is 270 g/mol. The number of aromatic nitrogens is 2. The Hall–Kier alpha value is -1.45. The fraction of sp³-hybridized carbons (Fsp3) is 0.375. The molecule has 0 fully saturated rings. The van der Waals surface area contributed by atoms with E-state index < -0.39 is 0 Å². The van der Waals surface area contributed by atoms with Crippen LogP contribution in [0.1, 0.15) is 24.6 Å². The Labute approximate surface area is 125 Å². The molecule has 0 spiro atoms. The number of hydrogen-bond donors (Lipinski definition) is 1. The first-order chi connectivity index (χ1) is 9.79. The van der Waals surface area contributed by atoms with Crippen LogP contribution >= 0.6 is 11.6 Å². The smallest absolute Gasteiger partial charge is 0.0621 e. The van der Waals surface area contributed by atoms with Gasteiger partial charge in [-0.3, -0.25) is 9.97 Å². The van der Waals surface area contributed by atoms with Gasteiger partial charge < -0.3 is 5.32 Å². The van der Waals surface area contributed by atoms with Gasteiger partial charge in [-0.2, -0.15) is 0 Å². The molecule has 2 rings (SSSR count). The predicted molar refractivity (Wildman–Crippen MR) is 83.0 cm³/mol. The van der Waals surface area contributed by atoms with E-state index in [0.29, 0.717) is 6.04 Å². The molecule has 2 aromatic rings. The van der Waals surface area contributed by atoms with E-state index in [9.17, 15) is 0 Å². The summed E-state index contributed by atoms with van der Waals surface area (Å²) in [5, 5.41) is 4.31. The van der Waals surface area contributed by atoms with Gasteiger partial charge in [0, 0.05) is 36.7 Å². The third-order valence-corrected chi connectivity index (χ3v) is 3.53. The average Bonchev–Trinajstić information content (AvgIpc) is 2.48. The molecule has 20 heavy (non-hydrogen) atoms. The lowest BCUT2D eigenvalue weighted by Crippen LogP contribution is -2.34. The number of rotatable bonds is 7. The predicted octanol–water partition coefficient (Wildman–Crippen LogP) is 3.28. The molecule has 0 saturated carbocycles. The quantitative estimate of drug-likeness (QED) is 0.850. The van der Waals surface area contributed by atoms with E-state index in [1.165, 1.54) is 0 Å². The molecule has 2 heterocycles. The van der Waals surface area contributed by atoms with E-state index in [4.69, 9.17) is 11.6 Å². The van der Waals surface area contributed by atoms with Crippen molar-refractivity contribution in [3.05, 3.63) is 59.1 Å². The molecule has 1 N–H and O–H groups in total. The van der Waals surface area contributed by atoms with Crippen molar-refractivity contribution in [1.29, 1.82) is 0 Å². The van der Waals surface area contributed by atoms with E-state index in [-0.39, 0.29) is 0 Å². The molecule has 1 atom stereocenters. The highest BCUT2D eigenvalue weighted by atomic mass is 35.5. The van der Waals surface area contributed by atoms with Gasteiger partial charge in [-0.1, -0.05) is 24.6 Å². The van der Waals surface area contributed by atoms with Crippen LogP contribution in [-0.2, 0) is 12.8 Å². The second kappa shape index (κ2) is 7.98. The molecule has 0 aliphatic rings. The maximum Gasteiger partial charge on any atom is 0.0621 e. The minimum Gasteiger partial charge on any atom is -0.313 e. The summed E-state index contributed by atoms with van der Waals surface area (Å²) in [6, 6.07) is 8.36. The van der Waals surface area contributed by atoms with Gasteiger partial charge in [-0.05, 0) is 43.1 Å². The van der Waals surface area contributed by atoms with Gasteiger partial charge in [0.2, 0.25) is 0 Å². The second-order valence-electron chi connectivity index (χ2n) is 4.85. The Kier molecular flexibility index (Phi) is 5.96. The number of pyridine rings is 2.